The number of anilines is 2. The molecule has 1 aliphatic heterocycles. The molecule has 2 rings (SSSR count). The molecule has 0 atom stereocenters. The molecule has 5 nitrogen and oxygen atoms in total. The van der Waals surface area contributed by atoms with Crippen molar-refractivity contribution in [2.75, 3.05) is 44.0 Å². The maximum Gasteiger partial charge on any atom is 0.134 e. The van der Waals surface area contributed by atoms with Crippen LogP contribution in [0.1, 0.15) is 18.7 Å². The Kier molecular flexibility index (Phi) is 4.01. The van der Waals surface area contributed by atoms with E-state index in [-0.39, 0.29) is 0 Å². The lowest BCUT2D eigenvalue weighted by atomic mass is 10.1. The molecule has 0 aromatic carbocycles. The summed E-state index contributed by atoms with van der Waals surface area (Å²) in [5.74, 6) is 2.83. The minimum Gasteiger partial charge on any atom is -0.363 e. The van der Waals surface area contributed by atoms with Crippen LogP contribution >= 0.6 is 0 Å². The van der Waals surface area contributed by atoms with Crippen LogP contribution in [0, 0.1) is 6.92 Å². The molecule has 0 spiro atoms. The highest BCUT2D eigenvalue weighted by atomic mass is 15.2. The molecule has 1 aromatic heterocycles. The van der Waals surface area contributed by atoms with Crippen LogP contribution in [0.4, 0.5) is 11.6 Å². The highest BCUT2D eigenvalue weighted by Gasteiger charge is 2.19. The Bertz CT molecular complexity index is 398. The fourth-order valence-corrected chi connectivity index (χ4v) is 2.33. The third kappa shape index (κ3) is 2.90. The van der Waals surface area contributed by atoms with Crippen LogP contribution < -0.4 is 15.1 Å². The van der Waals surface area contributed by atoms with Crippen molar-refractivity contribution in [3.63, 3.8) is 0 Å². The molecule has 0 aliphatic carbocycles. The Labute approximate surface area is 109 Å². The molecule has 1 saturated heterocycles. The molecule has 0 amide bonds. The summed E-state index contributed by atoms with van der Waals surface area (Å²) >= 11 is 0. The molecule has 1 N–H and O–H groups in total. The molecule has 2 heterocycles. The van der Waals surface area contributed by atoms with Gasteiger partial charge in [0, 0.05) is 33.3 Å². The summed E-state index contributed by atoms with van der Waals surface area (Å²) in [6, 6.07) is 2.64. The van der Waals surface area contributed by atoms with Gasteiger partial charge in [0.2, 0.25) is 0 Å². The van der Waals surface area contributed by atoms with E-state index in [4.69, 9.17) is 0 Å². The van der Waals surface area contributed by atoms with Gasteiger partial charge in [0.25, 0.3) is 0 Å². The van der Waals surface area contributed by atoms with Gasteiger partial charge in [-0.25, -0.2) is 9.97 Å². The summed E-state index contributed by atoms with van der Waals surface area (Å²) < 4.78 is 0. The first-order chi connectivity index (χ1) is 8.58. The molecular formula is C13H23N5. The van der Waals surface area contributed by atoms with E-state index >= 15 is 0 Å². The fourth-order valence-electron chi connectivity index (χ4n) is 2.33. The zero-order valence-corrected chi connectivity index (χ0v) is 11.8. The van der Waals surface area contributed by atoms with Gasteiger partial charge in [0.05, 0.1) is 0 Å². The van der Waals surface area contributed by atoms with E-state index in [1.807, 2.05) is 25.9 Å². The van der Waals surface area contributed by atoms with Crippen molar-refractivity contribution in [2.24, 2.45) is 0 Å². The van der Waals surface area contributed by atoms with E-state index in [0.717, 1.165) is 30.5 Å². The quantitative estimate of drug-likeness (QED) is 0.867. The molecule has 18 heavy (non-hydrogen) atoms. The second kappa shape index (κ2) is 5.52. The van der Waals surface area contributed by atoms with Crippen molar-refractivity contribution in [2.45, 2.75) is 25.8 Å². The second-order valence-electron chi connectivity index (χ2n) is 5.12. The zero-order valence-electron chi connectivity index (χ0n) is 11.8. The van der Waals surface area contributed by atoms with E-state index in [2.05, 4.69) is 33.3 Å². The van der Waals surface area contributed by atoms with Crippen molar-refractivity contribution in [3.8, 4) is 0 Å². The summed E-state index contributed by atoms with van der Waals surface area (Å²) in [4.78, 5) is 13.3. The number of rotatable bonds is 3. The average molecular weight is 249 g/mol. The van der Waals surface area contributed by atoms with Crippen LogP contribution in [-0.4, -0.2) is 50.2 Å². The number of piperidine rings is 1. The van der Waals surface area contributed by atoms with Crippen molar-refractivity contribution in [3.05, 3.63) is 11.9 Å². The van der Waals surface area contributed by atoms with Crippen LogP contribution in [0.25, 0.3) is 0 Å². The first-order valence-corrected chi connectivity index (χ1v) is 6.54. The number of hydrogen-bond donors (Lipinski definition) is 1. The largest absolute Gasteiger partial charge is 0.363 e. The van der Waals surface area contributed by atoms with Gasteiger partial charge in [-0.2, -0.15) is 0 Å². The number of nitrogens with zero attached hydrogens (tertiary/aromatic N) is 4. The van der Waals surface area contributed by atoms with Crippen LogP contribution in [-0.2, 0) is 0 Å². The molecule has 0 unspecified atom stereocenters. The summed E-state index contributed by atoms with van der Waals surface area (Å²) in [6.07, 6.45) is 2.35. The molecular weight excluding hydrogens is 226 g/mol. The van der Waals surface area contributed by atoms with Crippen molar-refractivity contribution in [1.29, 1.82) is 0 Å². The first-order valence-electron chi connectivity index (χ1n) is 6.54. The van der Waals surface area contributed by atoms with Crippen LogP contribution in [0.2, 0.25) is 0 Å². The number of aryl methyl sites for hydroxylation is 1. The number of nitrogens with one attached hydrogen (secondary N) is 1. The average Bonchev–Trinajstić information content (AvgIpc) is 2.38. The lowest BCUT2D eigenvalue weighted by Gasteiger charge is -2.32. The molecule has 0 bridgehead atoms. The predicted molar refractivity (Wildman–Crippen MR) is 75.4 cm³/mol. The Morgan fingerprint density at radius 3 is 2.33 bits per heavy atom. The molecule has 1 aliphatic rings. The molecule has 0 saturated carbocycles. The summed E-state index contributed by atoms with van der Waals surface area (Å²) in [5.41, 5.74) is 0. The van der Waals surface area contributed by atoms with Gasteiger partial charge in [0.1, 0.15) is 17.5 Å². The van der Waals surface area contributed by atoms with Gasteiger partial charge in [-0.3, -0.25) is 0 Å². The third-order valence-corrected chi connectivity index (χ3v) is 3.49. The van der Waals surface area contributed by atoms with Crippen molar-refractivity contribution in [1.82, 2.24) is 15.3 Å². The molecule has 1 aromatic rings. The Balaban J connectivity index is 2.20. The Morgan fingerprint density at radius 1 is 1.11 bits per heavy atom. The van der Waals surface area contributed by atoms with Gasteiger partial charge in [0.15, 0.2) is 0 Å². The van der Waals surface area contributed by atoms with E-state index in [1.165, 1.54) is 12.8 Å². The Morgan fingerprint density at radius 2 is 1.72 bits per heavy atom. The third-order valence-electron chi connectivity index (χ3n) is 3.49. The van der Waals surface area contributed by atoms with Crippen molar-refractivity contribution < 1.29 is 0 Å². The first kappa shape index (κ1) is 13.1. The monoisotopic (exact) mass is 249 g/mol. The maximum absolute atomic E-state index is 4.56. The highest BCUT2D eigenvalue weighted by molar-refractivity contribution is 5.50. The molecule has 0 radical (unpaired) electrons. The molecule has 5 heteroatoms. The summed E-state index contributed by atoms with van der Waals surface area (Å²) in [6.45, 7) is 4.14. The van der Waals surface area contributed by atoms with Gasteiger partial charge in [-0.05, 0) is 32.9 Å². The van der Waals surface area contributed by atoms with E-state index in [1.54, 1.807) is 0 Å². The smallest absolute Gasteiger partial charge is 0.134 e. The fraction of sp³-hybridized carbons (Fsp3) is 0.692. The van der Waals surface area contributed by atoms with Gasteiger partial charge in [-0.15, -0.1) is 0 Å². The highest BCUT2D eigenvalue weighted by Crippen LogP contribution is 2.21. The predicted octanol–water partition coefficient (Wildman–Crippen LogP) is 1.04. The summed E-state index contributed by atoms with van der Waals surface area (Å²) in [5, 5.41) is 3.39. The summed E-state index contributed by atoms with van der Waals surface area (Å²) in [7, 11) is 6.16. The lowest BCUT2D eigenvalue weighted by molar-refractivity contribution is 0.441. The number of aromatic nitrogens is 2. The minimum absolute atomic E-state index is 0.579. The second-order valence-corrected chi connectivity index (χ2v) is 5.12. The minimum atomic E-state index is 0.579. The van der Waals surface area contributed by atoms with Gasteiger partial charge < -0.3 is 15.1 Å². The standard InChI is InChI=1S/C13H23N5/c1-10-15-12(17(2)3)9-13(16-10)18(4)11-5-7-14-8-6-11/h9,11,14H,5-8H2,1-4H3. The maximum atomic E-state index is 4.56. The van der Waals surface area contributed by atoms with Crippen LogP contribution in [0.5, 0.6) is 0 Å². The molecule has 100 valence electrons. The van der Waals surface area contributed by atoms with Crippen LogP contribution in [0.3, 0.4) is 0 Å². The van der Waals surface area contributed by atoms with E-state index in [9.17, 15) is 0 Å². The lowest BCUT2D eigenvalue weighted by Crippen LogP contribution is -2.41. The van der Waals surface area contributed by atoms with E-state index in [0.29, 0.717) is 6.04 Å². The van der Waals surface area contributed by atoms with Gasteiger partial charge >= 0.3 is 0 Å². The zero-order chi connectivity index (χ0) is 13.1. The normalized spacial score (nSPS) is 16.7. The SMILES string of the molecule is Cc1nc(N(C)C)cc(N(C)C2CCNCC2)n1. The Hall–Kier alpha value is -1.36. The van der Waals surface area contributed by atoms with Gasteiger partial charge in [-0.1, -0.05) is 0 Å². The number of hydrogen-bond acceptors (Lipinski definition) is 5. The van der Waals surface area contributed by atoms with Crippen molar-refractivity contribution >= 4 is 11.6 Å². The topological polar surface area (TPSA) is 44.3 Å². The van der Waals surface area contributed by atoms with E-state index < -0.39 is 0 Å². The molecule has 1 fully saturated rings. The van der Waals surface area contributed by atoms with Crippen LogP contribution in [0.15, 0.2) is 6.07 Å².